The Morgan fingerprint density at radius 2 is 2.06 bits per heavy atom. The van der Waals surface area contributed by atoms with Crippen LogP contribution in [0.1, 0.15) is 25.3 Å². The standard InChI is InChI=1S/C15H25N3/c1-3-18-9-7-15(8-10-18)17(2)12-13-5-4-6-14(16)11-13/h4-6,11,15H,3,7-10,12,16H2,1-2H3. The van der Waals surface area contributed by atoms with Gasteiger partial charge in [-0.15, -0.1) is 0 Å². The van der Waals surface area contributed by atoms with Gasteiger partial charge in [-0.1, -0.05) is 19.1 Å². The first-order valence-electron chi connectivity index (χ1n) is 6.96. The third-order valence-electron chi connectivity index (χ3n) is 4.01. The molecule has 1 aromatic carbocycles. The summed E-state index contributed by atoms with van der Waals surface area (Å²) in [7, 11) is 2.23. The van der Waals surface area contributed by atoms with Gasteiger partial charge in [0.05, 0.1) is 0 Å². The third kappa shape index (κ3) is 3.47. The molecule has 1 aliphatic rings. The highest BCUT2D eigenvalue weighted by atomic mass is 15.2. The number of hydrogen-bond donors (Lipinski definition) is 1. The Hall–Kier alpha value is -1.06. The number of nitrogens with zero attached hydrogens (tertiary/aromatic N) is 2. The molecule has 1 saturated heterocycles. The van der Waals surface area contributed by atoms with Crippen LogP contribution in [0.4, 0.5) is 5.69 Å². The lowest BCUT2D eigenvalue weighted by Gasteiger charge is -2.36. The smallest absolute Gasteiger partial charge is 0.0317 e. The molecule has 1 aliphatic heterocycles. The molecule has 1 aromatic rings. The van der Waals surface area contributed by atoms with Crippen LogP contribution < -0.4 is 5.73 Å². The predicted octanol–water partition coefficient (Wildman–Crippen LogP) is 2.18. The molecule has 0 aromatic heterocycles. The van der Waals surface area contributed by atoms with Crippen LogP contribution >= 0.6 is 0 Å². The predicted molar refractivity (Wildman–Crippen MR) is 77.5 cm³/mol. The zero-order chi connectivity index (χ0) is 13.0. The zero-order valence-electron chi connectivity index (χ0n) is 11.6. The average molecular weight is 247 g/mol. The van der Waals surface area contributed by atoms with Crippen LogP contribution in [0, 0.1) is 0 Å². The molecule has 0 bridgehead atoms. The summed E-state index contributed by atoms with van der Waals surface area (Å²) in [4.78, 5) is 5.01. The molecular formula is C15H25N3. The van der Waals surface area contributed by atoms with Crippen molar-refractivity contribution in [3.8, 4) is 0 Å². The Balaban J connectivity index is 1.87. The van der Waals surface area contributed by atoms with Gasteiger partial charge in [0.1, 0.15) is 0 Å². The first-order chi connectivity index (χ1) is 8.69. The van der Waals surface area contributed by atoms with E-state index in [0.29, 0.717) is 6.04 Å². The van der Waals surface area contributed by atoms with Crippen molar-refractivity contribution in [1.82, 2.24) is 9.80 Å². The first kappa shape index (κ1) is 13.4. The maximum Gasteiger partial charge on any atom is 0.0317 e. The van der Waals surface area contributed by atoms with Crippen LogP contribution in [0.25, 0.3) is 0 Å². The van der Waals surface area contributed by atoms with Crippen molar-refractivity contribution in [1.29, 1.82) is 0 Å². The maximum absolute atomic E-state index is 5.82. The number of nitrogen functional groups attached to an aromatic ring is 1. The lowest BCUT2D eigenvalue weighted by Crippen LogP contribution is -2.42. The molecule has 0 saturated carbocycles. The van der Waals surface area contributed by atoms with Gasteiger partial charge in [0.2, 0.25) is 0 Å². The molecular weight excluding hydrogens is 222 g/mol. The van der Waals surface area contributed by atoms with Crippen LogP contribution in [-0.4, -0.2) is 42.5 Å². The van der Waals surface area contributed by atoms with Gasteiger partial charge in [0.15, 0.2) is 0 Å². The van der Waals surface area contributed by atoms with Crippen LogP contribution in [0.5, 0.6) is 0 Å². The molecule has 2 rings (SSSR count). The molecule has 3 heteroatoms. The van der Waals surface area contributed by atoms with Crippen LogP contribution in [0.3, 0.4) is 0 Å². The molecule has 0 unspecified atom stereocenters. The average Bonchev–Trinajstić information content (AvgIpc) is 2.39. The second kappa shape index (κ2) is 6.21. The van der Waals surface area contributed by atoms with E-state index in [4.69, 9.17) is 5.73 Å². The maximum atomic E-state index is 5.82. The Labute approximate surface area is 111 Å². The van der Waals surface area contributed by atoms with Gasteiger partial charge in [0.25, 0.3) is 0 Å². The summed E-state index contributed by atoms with van der Waals surface area (Å²) in [6.07, 6.45) is 2.57. The quantitative estimate of drug-likeness (QED) is 0.828. The largest absolute Gasteiger partial charge is 0.399 e. The van der Waals surface area contributed by atoms with E-state index in [1.165, 1.54) is 38.0 Å². The van der Waals surface area contributed by atoms with Gasteiger partial charge in [-0.2, -0.15) is 0 Å². The van der Waals surface area contributed by atoms with E-state index in [0.717, 1.165) is 12.2 Å². The molecule has 0 spiro atoms. The molecule has 0 radical (unpaired) electrons. The number of nitrogens with two attached hydrogens (primary N) is 1. The van der Waals surface area contributed by atoms with E-state index in [9.17, 15) is 0 Å². The molecule has 18 heavy (non-hydrogen) atoms. The second-order valence-electron chi connectivity index (χ2n) is 5.33. The number of benzene rings is 1. The molecule has 1 fully saturated rings. The van der Waals surface area contributed by atoms with Crippen molar-refractivity contribution >= 4 is 5.69 Å². The van der Waals surface area contributed by atoms with Gasteiger partial charge in [-0.05, 0) is 57.2 Å². The van der Waals surface area contributed by atoms with Crippen LogP contribution in [0.15, 0.2) is 24.3 Å². The van der Waals surface area contributed by atoms with Crippen LogP contribution in [-0.2, 0) is 6.54 Å². The van der Waals surface area contributed by atoms with E-state index >= 15 is 0 Å². The Morgan fingerprint density at radius 3 is 2.67 bits per heavy atom. The van der Waals surface area contributed by atoms with E-state index in [-0.39, 0.29) is 0 Å². The normalized spacial score (nSPS) is 18.4. The number of piperidine rings is 1. The van der Waals surface area contributed by atoms with E-state index in [2.05, 4.69) is 35.9 Å². The van der Waals surface area contributed by atoms with E-state index in [1.807, 2.05) is 12.1 Å². The summed E-state index contributed by atoms with van der Waals surface area (Å²) in [6, 6.07) is 8.95. The fraction of sp³-hybridized carbons (Fsp3) is 0.600. The molecule has 0 atom stereocenters. The highest BCUT2D eigenvalue weighted by molar-refractivity contribution is 5.40. The van der Waals surface area contributed by atoms with Crippen molar-refractivity contribution in [3.63, 3.8) is 0 Å². The van der Waals surface area contributed by atoms with Crippen molar-refractivity contribution < 1.29 is 0 Å². The second-order valence-corrected chi connectivity index (χ2v) is 5.33. The number of rotatable bonds is 4. The first-order valence-corrected chi connectivity index (χ1v) is 6.96. The van der Waals surface area contributed by atoms with Gasteiger partial charge in [-0.25, -0.2) is 0 Å². The van der Waals surface area contributed by atoms with Crippen molar-refractivity contribution in [2.24, 2.45) is 0 Å². The minimum atomic E-state index is 0.717. The SMILES string of the molecule is CCN1CCC(N(C)Cc2cccc(N)c2)CC1. The van der Waals surface area contributed by atoms with Crippen LogP contribution in [0.2, 0.25) is 0 Å². The van der Waals surface area contributed by atoms with Crippen molar-refractivity contribution in [3.05, 3.63) is 29.8 Å². The van der Waals surface area contributed by atoms with Gasteiger partial charge < -0.3 is 10.6 Å². The minimum Gasteiger partial charge on any atom is -0.399 e. The molecule has 0 amide bonds. The molecule has 0 aliphatic carbocycles. The Morgan fingerprint density at radius 1 is 1.33 bits per heavy atom. The monoisotopic (exact) mass is 247 g/mol. The minimum absolute atomic E-state index is 0.717. The fourth-order valence-electron chi connectivity index (χ4n) is 2.78. The summed E-state index contributed by atoms with van der Waals surface area (Å²) in [6.45, 7) is 6.91. The highest BCUT2D eigenvalue weighted by Gasteiger charge is 2.21. The highest BCUT2D eigenvalue weighted by Crippen LogP contribution is 2.18. The number of hydrogen-bond acceptors (Lipinski definition) is 3. The fourth-order valence-corrected chi connectivity index (χ4v) is 2.78. The summed E-state index contributed by atoms with van der Waals surface area (Å²) >= 11 is 0. The molecule has 1 heterocycles. The lowest BCUT2D eigenvalue weighted by molar-refractivity contribution is 0.127. The molecule has 2 N–H and O–H groups in total. The summed E-state index contributed by atoms with van der Waals surface area (Å²) in [5, 5.41) is 0. The summed E-state index contributed by atoms with van der Waals surface area (Å²) < 4.78 is 0. The number of likely N-dealkylation sites (tertiary alicyclic amines) is 1. The van der Waals surface area contributed by atoms with E-state index in [1.54, 1.807) is 0 Å². The summed E-state index contributed by atoms with van der Waals surface area (Å²) in [5.41, 5.74) is 8.00. The van der Waals surface area contributed by atoms with E-state index < -0.39 is 0 Å². The van der Waals surface area contributed by atoms with Gasteiger partial charge in [0, 0.05) is 18.3 Å². The van der Waals surface area contributed by atoms with Gasteiger partial charge >= 0.3 is 0 Å². The molecule has 3 nitrogen and oxygen atoms in total. The van der Waals surface area contributed by atoms with Gasteiger partial charge in [-0.3, -0.25) is 4.90 Å². The zero-order valence-corrected chi connectivity index (χ0v) is 11.6. The topological polar surface area (TPSA) is 32.5 Å². The number of anilines is 1. The Kier molecular flexibility index (Phi) is 4.61. The Bertz CT molecular complexity index is 370. The van der Waals surface area contributed by atoms with Crippen molar-refractivity contribution in [2.45, 2.75) is 32.4 Å². The summed E-state index contributed by atoms with van der Waals surface area (Å²) in [5.74, 6) is 0. The third-order valence-corrected chi connectivity index (χ3v) is 4.01. The van der Waals surface area contributed by atoms with Crippen molar-refractivity contribution in [2.75, 3.05) is 32.4 Å². The lowest BCUT2D eigenvalue weighted by atomic mass is 10.0. The molecule has 100 valence electrons.